The lowest BCUT2D eigenvalue weighted by molar-refractivity contribution is -0.383. The lowest BCUT2D eigenvalue weighted by atomic mass is 9.55. The molecule has 2 saturated carbocycles. The minimum absolute atomic E-state index is 0.0292. The van der Waals surface area contributed by atoms with Gasteiger partial charge in [-0.2, -0.15) is 26.3 Å². The zero-order chi connectivity index (χ0) is 42.2. The summed E-state index contributed by atoms with van der Waals surface area (Å²) in [5.41, 5.74) is -1.42. The maximum Gasteiger partial charge on any atom is 0.426 e. The van der Waals surface area contributed by atoms with Crippen molar-refractivity contribution in [1.82, 2.24) is 4.90 Å². The fourth-order valence-electron chi connectivity index (χ4n) is 9.73. The molecule has 1 aromatic carbocycles. The second-order valence-electron chi connectivity index (χ2n) is 16.7. The first kappa shape index (κ1) is 49.7. The van der Waals surface area contributed by atoms with Crippen LogP contribution in [0.2, 0.25) is 0 Å². The van der Waals surface area contributed by atoms with E-state index in [1.165, 1.54) is 18.1 Å². The van der Waals surface area contributed by atoms with Crippen LogP contribution in [-0.4, -0.2) is 121 Å². The maximum atomic E-state index is 13.6. The number of alkyl halides is 6. The van der Waals surface area contributed by atoms with Crippen LogP contribution in [0, 0.1) is 23.2 Å². The molecule has 0 N–H and O–H groups in total. The minimum atomic E-state index is -5.55. The molecule has 0 spiro atoms. The summed E-state index contributed by atoms with van der Waals surface area (Å²) in [5.74, 6) is 4.90. The number of aryl methyl sites for hydroxylation is 1. The maximum absolute atomic E-state index is 13.6. The number of ether oxygens (including phenoxy) is 6. The van der Waals surface area contributed by atoms with Gasteiger partial charge in [-0.25, -0.2) is 0 Å². The average molecular weight is 874 g/mol. The molecule has 0 aliphatic heterocycles. The fourth-order valence-corrected chi connectivity index (χ4v) is 11.7. The average Bonchev–Trinajstić information content (AvgIpc) is 3.51. The summed E-state index contributed by atoms with van der Waals surface area (Å²) in [5, 5.41) is 0. The Morgan fingerprint density at radius 3 is 2.29 bits per heavy atom. The monoisotopic (exact) mass is 873 g/mol. The van der Waals surface area contributed by atoms with Crippen molar-refractivity contribution in [1.29, 1.82) is 0 Å². The highest BCUT2D eigenvalue weighted by Gasteiger charge is 2.71. The molecule has 2 fully saturated rings. The van der Waals surface area contributed by atoms with E-state index in [2.05, 4.69) is 41.8 Å². The molecule has 0 amide bonds. The summed E-state index contributed by atoms with van der Waals surface area (Å²) in [4.78, 5) is 2.32. The van der Waals surface area contributed by atoms with Gasteiger partial charge in [0.1, 0.15) is 12.4 Å². The minimum Gasteiger partial charge on any atom is -0.492 e. The van der Waals surface area contributed by atoms with Gasteiger partial charge in [0, 0.05) is 51.4 Å². The van der Waals surface area contributed by atoms with Crippen LogP contribution in [0.3, 0.4) is 0 Å². The van der Waals surface area contributed by atoms with Gasteiger partial charge >= 0.3 is 12.4 Å². The number of rotatable bonds is 28. The Balaban J connectivity index is 1.11. The summed E-state index contributed by atoms with van der Waals surface area (Å²) in [6.07, 6.45) is -3.50. The number of benzene rings is 1. The predicted molar refractivity (Wildman–Crippen MR) is 221 cm³/mol. The standard InChI is InChI=1S/C43H69F6NO6S2/c1-6-18-41(42(44,45)46,43(47,48)49)56-24-9-23-55-39-16-15-38-37-13-11-33-29-34(12-14-35(33)36(37)17-19-40(38,39)2)54-25-21-50(3)20-8-27-57-58-28-26-53-22-7-10-32(30-51-4)31-52-5/h12,14,29,32,36-39H,6-11,13,15-28,30-31H2,1-5H3. The van der Waals surface area contributed by atoms with Crippen LogP contribution in [0.1, 0.15) is 102 Å². The molecular weight excluding hydrogens is 805 g/mol. The van der Waals surface area contributed by atoms with E-state index in [1.807, 2.05) is 21.6 Å². The van der Waals surface area contributed by atoms with E-state index in [-0.39, 0.29) is 31.0 Å². The van der Waals surface area contributed by atoms with E-state index in [1.54, 1.807) is 14.2 Å². The number of fused-ring (bicyclic) bond motifs is 5. The van der Waals surface area contributed by atoms with Crippen molar-refractivity contribution in [2.75, 3.05) is 92.1 Å². The van der Waals surface area contributed by atoms with Crippen LogP contribution in [0.5, 0.6) is 5.75 Å². The third kappa shape index (κ3) is 13.5. The van der Waals surface area contributed by atoms with Crippen molar-refractivity contribution >= 4 is 21.6 Å². The van der Waals surface area contributed by atoms with Crippen LogP contribution >= 0.6 is 21.6 Å². The van der Waals surface area contributed by atoms with Crippen LogP contribution in [0.15, 0.2) is 18.2 Å². The third-order valence-corrected chi connectivity index (χ3v) is 15.1. The molecule has 5 atom stereocenters. The molecule has 1 aromatic rings. The zero-order valence-electron chi connectivity index (χ0n) is 35.4. The number of hydrogen-bond acceptors (Lipinski definition) is 9. The Morgan fingerprint density at radius 2 is 1.59 bits per heavy atom. The van der Waals surface area contributed by atoms with Gasteiger partial charge in [0.15, 0.2) is 0 Å². The van der Waals surface area contributed by atoms with Gasteiger partial charge < -0.3 is 33.3 Å². The number of likely N-dealkylation sites (N-methyl/N-ethyl adjacent to an activating group) is 1. The number of hydrogen-bond donors (Lipinski definition) is 0. The Labute approximate surface area is 351 Å². The van der Waals surface area contributed by atoms with Gasteiger partial charge in [-0.1, -0.05) is 47.9 Å². The molecule has 0 saturated heterocycles. The van der Waals surface area contributed by atoms with Crippen LogP contribution < -0.4 is 4.74 Å². The van der Waals surface area contributed by atoms with Crippen LogP contribution in [0.25, 0.3) is 0 Å². The molecule has 0 aromatic heterocycles. The van der Waals surface area contributed by atoms with Crippen molar-refractivity contribution < 1.29 is 54.8 Å². The Morgan fingerprint density at radius 1 is 0.845 bits per heavy atom. The molecule has 4 rings (SSSR count). The van der Waals surface area contributed by atoms with Gasteiger partial charge in [-0.05, 0) is 131 Å². The largest absolute Gasteiger partial charge is 0.492 e. The summed E-state index contributed by atoms with van der Waals surface area (Å²) >= 11 is 0. The summed E-state index contributed by atoms with van der Waals surface area (Å²) in [6.45, 7) is 8.49. The van der Waals surface area contributed by atoms with E-state index in [9.17, 15) is 26.3 Å². The van der Waals surface area contributed by atoms with Gasteiger partial charge in [-0.15, -0.1) is 0 Å². The van der Waals surface area contributed by atoms with Crippen molar-refractivity contribution in [3.05, 3.63) is 29.3 Å². The van der Waals surface area contributed by atoms with Crippen molar-refractivity contribution in [2.24, 2.45) is 23.2 Å². The first-order valence-electron chi connectivity index (χ1n) is 21.3. The molecule has 0 radical (unpaired) electrons. The summed E-state index contributed by atoms with van der Waals surface area (Å²) < 4.78 is 115. The van der Waals surface area contributed by atoms with E-state index >= 15 is 0 Å². The summed E-state index contributed by atoms with van der Waals surface area (Å²) in [7, 11) is 9.38. The SMILES string of the molecule is CCCC(OCCCOC1CCC2C3CCc4cc(OCCN(C)CCCSSCCOCCCC(COC)COC)ccc4C3CCC12C)(C(F)(F)F)C(F)(F)F. The molecule has 336 valence electrons. The lowest BCUT2D eigenvalue weighted by Gasteiger charge is -2.50. The van der Waals surface area contributed by atoms with E-state index < -0.39 is 31.0 Å². The highest BCUT2D eigenvalue weighted by atomic mass is 33.1. The second-order valence-corrected chi connectivity index (χ2v) is 19.4. The molecule has 0 bridgehead atoms. The molecule has 5 unspecified atom stereocenters. The van der Waals surface area contributed by atoms with E-state index in [0.29, 0.717) is 30.3 Å². The number of halogens is 6. The molecule has 58 heavy (non-hydrogen) atoms. The third-order valence-electron chi connectivity index (χ3n) is 12.7. The fraction of sp³-hybridized carbons (Fsp3) is 0.860. The highest BCUT2D eigenvalue weighted by Crippen LogP contribution is 2.61. The van der Waals surface area contributed by atoms with E-state index in [4.69, 9.17) is 23.7 Å². The van der Waals surface area contributed by atoms with Gasteiger partial charge in [0.2, 0.25) is 0 Å². The molecule has 3 aliphatic carbocycles. The predicted octanol–water partition coefficient (Wildman–Crippen LogP) is 10.8. The Bertz CT molecular complexity index is 1310. The van der Waals surface area contributed by atoms with Crippen molar-refractivity contribution in [3.63, 3.8) is 0 Å². The van der Waals surface area contributed by atoms with Gasteiger partial charge in [0.25, 0.3) is 5.60 Å². The van der Waals surface area contributed by atoms with E-state index in [0.717, 1.165) is 115 Å². The second kappa shape index (κ2) is 24.1. The zero-order valence-corrected chi connectivity index (χ0v) is 37.0. The molecular formula is C43H69F6NO6S2. The number of methoxy groups -OCH3 is 2. The normalized spacial score (nSPS) is 23.7. The smallest absolute Gasteiger partial charge is 0.426 e. The topological polar surface area (TPSA) is 58.6 Å². The van der Waals surface area contributed by atoms with Crippen molar-refractivity contribution in [2.45, 2.75) is 121 Å². The number of nitrogens with zero attached hydrogens (tertiary/aromatic N) is 1. The van der Waals surface area contributed by atoms with Crippen LogP contribution in [-0.2, 0) is 30.1 Å². The van der Waals surface area contributed by atoms with Gasteiger partial charge in [0.05, 0.1) is 32.5 Å². The quantitative estimate of drug-likeness (QED) is 0.0465. The van der Waals surface area contributed by atoms with Crippen molar-refractivity contribution in [3.8, 4) is 5.75 Å². The first-order valence-corrected chi connectivity index (χ1v) is 23.8. The molecule has 0 heterocycles. The highest BCUT2D eigenvalue weighted by molar-refractivity contribution is 8.76. The van der Waals surface area contributed by atoms with Crippen LogP contribution in [0.4, 0.5) is 26.3 Å². The first-order chi connectivity index (χ1) is 27.7. The van der Waals surface area contributed by atoms with Gasteiger partial charge in [-0.3, -0.25) is 0 Å². The Hall–Kier alpha value is -0.940. The molecule has 7 nitrogen and oxygen atoms in total. The summed E-state index contributed by atoms with van der Waals surface area (Å²) in [6, 6.07) is 6.60. The lowest BCUT2D eigenvalue weighted by Crippen LogP contribution is -2.58. The molecule has 3 aliphatic rings. The Kier molecular flexibility index (Phi) is 20.6. The molecule has 15 heteroatoms.